The topological polar surface area (TPSA) is 25.8 Å². The van der Waals surface area contributed by atoms with Crippen LogP contribution in [0.15, 0.2) is 152 Å². The van der Waals surface area contributed by atoms with Crippen LogP contribution in [0.25, 0.3) is 67.3 Å². The summed E-state index contributed by atoms with van der Waals surface area (Å²) in [5, 5.41) is 0. The maximum atomic E-state index is 5.25. The van der Waals surface area contributed by atoms with Gasteiger partial charge in [-0.2, -0.15) is 0 Å². The van der Waals surface area contributed by atoms with Gasteiger partial charge in [-0.3, -0.25) is 0 Å². The Labute approximate surface area is 312 Å². The third kappa shape index (κ3) is 4.85. The molecule has 6 aromatic carbocycles. The Hall–Kier alpha value is -5.60. The normalized spacial score (nSPS) is 23.3. The molecule has 1 spiro atoms. The average Bonchev–Trinajstić information content (AvgIpc) is 3.50. The third-order valence-corrected chi connectivity index (χ3v) is 13.3. The molecule has 12 rings (SSSR count). The van der Waals surface area contributed by atoms with Crippen molar-refractivity contribution in [2.24, 2.45) is 23.7 Å². The van der Waals surface area contributed by atoms with Gasteiger partial charge in [-0.25, -0.2) is 9.97 Å². The molecule has 7 aromatic rings. The minimum absolute atomic E-state index is 0.0409. The first-order valence-corrected chi connectivity index (χ1v) is 19.6. The Morgan fingerprint density at radius 1 is 0.434 bits per heavy atom. The van der Waals surface area contributed by atoms with Crippen molar-refractivity contribution >= 4 is 0 Å². The molecule has 0 unspecified atom stereocenters. The van der Waals surface area contributed by atoms with Crippen LogP contribution in [-0.2, 0) is 5.41 Å². The van der Waals surface area contributed by atoms with Crippen molar-refractivity contribution in [1.82, 2.24) is 9.97 Å². The molecular weight excluding hydrogens is 641 g/mol. The van der Waals surface area contributed by atoms with Crippen LogP contribution in [0.3, 0.4) is 0 Å². The van der Waals surface area contributed by atoms with E-state index in [4.69, 9.17) is 9.97 Å². The predicted octanol–water partition coefficient (Wildman–Crippen LogP) is 12.8. The average molecular weight is 683 g/mol. The van der Waals surface area contributed by atoms with Gasteiger partial charge in [-0.15, -0.1) is 0 Å². The lowest BCUT2D eigenvalue weighted by Crippen LogP contribution is -2.55. The van der Waals surface area contributed by atoms with Gasteiger partial charge in [0, 0.05) is 22.1 Å². The number of rotatable bonds is 5. The van der Waals surface area contributed by atoms with E-state index < -0.39 is 0 Å². The predicted molar refractivity (Wildman–Crippen MR) is 217 cm³/mol. The zero-order chi connectivity index (χ0) is 35.1. The SMILES string of the molecule is Cc1cc(-c2cc(-c3ccccc3)nc(-c3ccccc3)n2)cc(-c2cccc3c2C2(c4cc(-c5ccccc5)ccc4-3)C3CC4CC(C3)CC2C4)c1. The summed E-state index contributed by atoms with van der Waals surface area (Å²) in [6.45, 7) is 2.24. The maximum absolute atomic E-state index is 5.25. The summed E-state index contributed by atoms with van der Waals surface area (Å²) in [7, 11) is 0. The summed E-state index contributed by atoms with van der Waals surface area (Å²) in [6.07, 6.45) is 6.89. The Kier molecular flexibility index (Phi) is 6.99. The fraction of sp³-hybridized carbons (Fsp3) is 0.216. The molecule has 53 heavy (non-hydrogen) atoms. The van der Waals surface area contributed by atoms with Gasteiger partial charge in [0.05, 0.1) is 11.4 Å². The fourth-order valence-corrected chi connectivity index (χ4v) is 11.5. The summed E-state index contributed by atoms with van der Waals surface area (Å²) in [4.78, 5) is 10.3. The number of hydrogen-bond acceptors (Lipinski definition) is 2. The van der Waals surface area contributed by atoms with Gasteiger partial charge in [-0.1, -0.05) is 127 Å². The molecule has 0 saturated heterocycles. The molecule has 0 atom stereocenters. The van der Waals surface area contributed by atoms with Crippen LogP contribution in [0.5, 0.6) is 0 Å². The van der Waals surface area contributed by atoms with E-state index in [1.165, 1.54) is 71.0 Å². The van der Waals surface area contributed by atoms with E-state index in [1.54, 1.807) is 11.1 Å². The quantitative estimate of drug-likeness (QED) is 0.181. The minimum Gasteiger partial charge on any atom is -0.228 e. The molecule has 256 valence electrons. The van der Waals surface area contributed by atoms with Crippen molar-refractivity contribution < 1.29 is 0 Å². The van der Waals surface area contributed by atoms with Gasteiger partial charge in [0.1, 0.15) is 0 Å². The fourth-order valence-electron chi connectivity index (χ4n) is 11.5. The molecule has 0 radical (unpaired) electrons. The van der Waals surface area contributed by atoms with Crippen LogP contribution in [0, 0.1) is 30.6 Å². The summed E-state index contributed by atoms with van der Waals surface area (Å²) >= 11 is 0. The standard InChI is InChI=1S/C51H42N2/c1-32-22-39(29-40(23-32)48-31-47(36-14-7-3-8-15-36)52-50(53-48)37-16-9-4-10-17-37)43-18-11-19-45-44-21-20-38(35-12-5-2-6-13-35)30-46(44)51(49(43)45)41-25-33-24-34(27-41)28-42(51)26-33/h2-23,29-31,33-34,41-42H,24-28H2,1H3. The molecule has 0 amide bonds. The van der Waals surface area contributed by atoms with Crippen molar-refractivity contribution in [2.45, 2.75) is 44.4 Å². The lowest BCUT2D eigenvalue weighted by molar-refractivity contribution is -0.0397. The molecular formula is C51H42N2. The molecule has 5 aliphatic rings. The van der Waals surface area contributed by atoms with Crippen LogP contribution >= 0.6 is 0 Å². The highest BCUT2D eigenvalue weighted by molar-refractivity contribution is 5.91. The van der Waals surface area contributed by atoms with E-state index >= 15 is 0 Å². The van der Waals surface area contributed by atoms with Crippen molar-refractivity contribution in [2.75, 3.05) is 0 Å². The Balaban J connectivity index is 1.11. The Morgan fingerprint density at radius 3 is 1.70 bits per heavy atom. The van der Waals surface area contributed by atoms with E-state index in [2.05, 4.69) is 153 Å². The molecule has 0 N–H and O–H groups in total. The van der Waals surface area contributed by atoms with Crippen molar-refractivity contribution in [1.29, 1.82) is 0 Å². The summed E-state index contributed by atoms with van der Waals surface area (Å²) < 4.78 is 0. The van der Waals surface area contributed by atoms with Gasteiger partial charge in [0.15, 0.2) is 5.82 Å². The number of benzene rings is 6. The smallest absolute Gasteiger partial charge is 0.160 e. The second-order valence-electron chi connectivity index (χ2n) is 16.3. The van der Waals surface area contributed by atoms with Crippen LogP contribution in [0.1, 0.15) is 48.8 Å². The maximum Gasteiger partial charge on any atom is 0.160 e. The largest absolute Gasteiger partial charge is 0.228 e. The Bertz CT molecular complexity index is 2430. The lowest BCUT2D eigenvalue weighted by atomic mass is 9.42. The van der Waals surface area contributed by atoms with E-state index in [0.717, 1.165) is 45.7 Å². The highest BCUT2D eigenvalue weighted by Crippen LogP contribution is 2.70. The molecule has 2 heteroatoms. The van der Waals surface area contributed by atoms with Gasteiger partial charge in [0.25, 0.3) is 0 Å². The molecule has 4 saturated carbocycles. The van der Waals surface area contributed by atoms with E-state index in [0.29, 0.717) is 11.8 Å². The molecule has 2 nitrogen and oxygen atoms in total. The van der Waals surface area contributed by atoms with Crippen molar-refractivity contribution in [3.8, 4) is 67.3 Å². The van der Waals surface area contributed by atoms with E-state index in [-0.39, 0.29) is 5.41 Å². The molecule has 4 fully saturated rings. The van der Waals surface area contributed by atoms with Gasteiger partial charge in [-0.05, 0) is 137 Å². The molecule has 4 bridgehead atoms. The molecule has 5 aliphatic carbocycles. The molecule has 0 aliphatic heterocycles. The number of fused-ring (bicyclic) bond motifs is 3. The van der Waals surface area contributed by atoms with Crippen LogP contribution in [0.2, 0.25) is 0 Å². The van der Waals surface area contributed by atoms with E-state index in [9.17, 15) is 0 Å². The minimum atomic E-state index is 0.0409. The van der Waals surface area contributed by atoms with Gasteiger partial charge >= 0.3 is 0 Å². The summed E-state index contributed by atoms with van der Waals surface area (Å²) in [6, 6.07) is 55.8. The van der Waals surface area contributed by atoms with Gasteiger partial charge in [0.2, 0.25) is 0 Å². The van der Waals surface area contributed by atoms with Crippen molar-refractivity contribution in [3.63, 3.8) is 0 Å². The first-order valence-electron chi connectivity index (χ1n) is 19.6. The molecule has 1 aromatic heterocycles. The van der Waals surface area contributed by atoms with Crippen molar-refractivity contribution in [3.05, 3.63) is 168 Å². The molecule has 1 heterocycles. The first kappa shape index (κ1) is 31.0. The Morgan fingerprint density at radius 2 is 1.02 bits per heavy atom. The monoisotopic (exact) mass is 682 g/mol. The second kappa shape index (κ2) is 12.0. The van der Waals surface area contributed by atoms with E-state index in [1.807, 2.05) is 6.07 Å². The zero-order valence-corrected chi connectivity index (χ0v) is 30.2. The number of aryl methyl sites for hydroxylation is 1. The van der Waals surface area contributed by atoms with Crippen LogP contribution in [-0.4, -0.2) is 9.97 Å². The highest BCUT2D eigenvalue weighted by Gasteiger charge is 2.62. The number of hydrogen-bond donors (Lipinski definition) is 0. The third-order valence-electron chi connectivity index (χ3n) is 13.3. The number of nitrogens with zero attached hydrogens (tertiary/aromatic N) is 2. The first-order chi connectivity index (χ1) is 26.1. The highest BCUT2D eigenvalue weighted by atomic mass is 14.9. The summed E-state index contributed by atoms with van der Waals surface area (Å²) in [5.74, 6) is 3.89. The zero-order valence-electron chi connectivity index (χ0n) is 30.2. The second-order valence-corrected chi connectivity index (χ2v) is 16.3. The summed E-state index contributed by atoms with van der Waals surface area (Å²) in [5.41, 5.74) is 17.9. The number of aromatic nitrogens is 2. The van der Waals surface area contributed by atoms with Crippen LogP contribution < -0.4 is 0 Å². The van der Waals surface area contributed by atoms with Gasteiger partial charge < -0.3 is 0 Å². The van der Waals surface area contributed by atoms with Crippen LogP contribution in [0.4, 0.5) is 0 Å². The lowest BCUT2D eigenvalue weighted by Gasteiger charge is -2.61.